The van der Waals surface area contributed by atoms with Gasteiger partial charge in [0.05, 0.1) is 31.5 Å². The summed E-state index contributed by atoms with van der Waals surface area (Å²) < 4.78 is 5.11. The number of amides is 2. The number of nitrogens with one attached hydrogen (secondary N) is 3. The fourth-order valence-electron chi connectivity index (χ4n) is 3.14. The third kappa shape index (κ3) is 4.61. The van der Waals surface area contributed by atoms with Gasteiger partial charge in [0.15, 0.2) is 6.54 Å². The van der Waals surface area contributed by atoms with E-state index in [4.69, 9.17) is 4.74 Å². The summed E-state index contributed by atoms with van der Waals surface area (Å²) in [5, 5.41) is 5.73. The van der Waals surface area contributed by atoms with Crippen molar-refractivity contribution in [3.05, 3.63) is 54.1 Å². The van der Waals surface area contributed by atoms with Gasteiger partial charge in [-0.05, 0) is 36.4 Å². The molecule has 1 fully saturated rings. The Kier molecular flexibility index (Phi) is 5.86. The Morgan fingerprint density at radius 2 is 1.69 bits per heavy atom. The summed E-state index contributed by atoms with van der Waals surface area (Å²) in [5.74, 6) is 0.395. The number of hydrogen-bond donors (Lipinski definition) is 3. The zero-order valence-electron chi connectivity index (χ0n) is 14.9. The molecule has 2 aromatic carbocycles. The highest BCUT2D eigenvalue weighted by Crippen LogP contribution is 2.19. The lowest BCUT2D eigenvalue weighted by molar-refractivity contribution is -0.878. The van der Waals surface area contributed by atoms with Crippen LogP contribution in [-0.2, 0) is 4.79 Å². The topological polar surface area (TPSA) is 71.9 Å². The molecule has 2 amide bonds. The molecule has 3 rings (SSSR count). The molecule has 26 heavy (non-hydrogen) atoms. The third-order valence-corrected chi connectivity index (χ3v) is 4.51. The largest absolute Gasteiger partial charge is 0.497 e. The molecule has 3 N–H and O–H groups in total. The Morgan fingerprint density at radius 3 is 2.38 bits per heavy atom. The van der Waals surface area contributed by atoms with Crippen LogP contribution in [0.1, 0.15) is 23.2 Å². The number of carbonyl (C=O) groups is 2. The van der Waals surface area contributed by atoms with Gasteiger partial charge in [-0.1, -0.05) is 12.1 Å². The minimum Gasteiger partial charge on any atom is -0.497 e. The summed E-state index contributed by atoms with van der Waals surface area (Å²) >= 11 is 0. The second-order valence-electron chi connectivity index (χ2n) is 6.41. The van der Waals surface area contributed by atoms with Gasteiger partial charge in [0.25, 0.3) is 11.8 Å². The van der Waals surface area contributed by atoms with E-state index in [-0.39, 0.29) is 11.8 Å². The molecule has 0 atom stereocenters. The van der Waals surface area contributed by atoms with E-state index in [9.17, 15) is 9.59 Å². The lowest BCUT2D eigenvalue weighted by Gasteiger charge is -2.14. The SMILES string of the molecule is COc1ccc(NC(=O)c2ccccc2NC(=O)C[NH+]2CCCC2)cc1. The van der Waals surface area contributed by atoms with Gasteiger partial charge in [-0.2, -0.15) is 0 Å². The molecule has 0 unspecified atom stereocenters. The first-order chi connectivity index (χ1) is 12.7. The van der Waals surface area contributed by atoms with Crippen LogP contribution < -0.4 is 20.3 Å². The lowest BCUT2D eigenvalue weighted by atomic mass is 10.1. The van der Waals surface area contributed by atoms with Gasteiger partial charge in [0, 0.05) is 18.5 Å². The van der Waals surface area contributed by atoms with Crippen LogP contribution in [0.5, 0.6) is 5.75 Å². The molecule has 6 nitrogen and oxygen atoms in total. The summed E-state index contributed by atoms with van der Waals surface area (Å²) in [7, 11) is 1.59. The van der Waals surface area contributed by atoms with E-state index in [2.05, 4.69) is 10.6 Å². The summed E-state index contributed by atoms with van der Waals surface area (Å²) in [6.07, 6.45) is 2.34. The van der Waals surface area contributed by atoms with Crippen molar-refractivity contribution < 1.29 is 19.2 Å². The fraction of sp³-hybridized carbons (Fsp3) is 0.300. The maximum atomic E-state index is 12.6. The Balaban J connectivity index is 1.66. The summed E-state index contributed by atoms with van der Waals surface area (Å²) in [6, 6.07) is 14.2. The van der Waals surface area contributed by atoms with Crippen molar-refractivity contribution in [3.63, 3.8) is 0 Å². The first-order valence-electron chi connectivity index (χ1n) is 8.83. The predicted octanol–water partition coefficient (Wildman–Crippen LogP) is 1.56. The number of carbonyl (C=O) groups excluding carboxylic acids is 2. The second-order valence-corrected chi connectivity index (χ2v) is 6.41. The van der Waals surface area contributed by atoms with Crippen molar-refractivity contribution in [1.82, 2.24) is 0 Å². The molecule has 136 valence electrons. The Hall–Kier alpha value is -2.86. The molecular weight excluding hydrogens is 330 g/mol. The van der Waals surface area contributed by atoms with Crippen LogP contribution in [0.3, 0.4) is 0 Å². The van der Waals surface area contributed by atoms with Gasteiger partial charge in [0.1, 0.15) is 5.75 Å². The number of likely N-dealkylation sites (tertiary alicyclic amines) is 1. The molecule has 1 heterocycles. The quantitative estimate of drug-likeness (QED) is 0.737. The predicted molar refractivity (Wildman–Crippen MR) is 101 cm³/mol. The first-order valence-corrected chi connectivity index (χ1v) is 8.83. The molecule has 1 aliphatic rings. The molecule has 0 bridgehead atoms. The average Bonchev–Trinajstić information content (AvgIpc) is 3.15. The molecule has 0 aromatic heterocycles. The van der Waals surface area contributed by atoms with Gasteiger partial charge in [0.2, 0.25) is 0 Å². The monoisotopic (exact) mass is 354 g/mol. The van der Waals surface area contributed by atoms with E-state index in [1.807, 2.05) is 6.07 Å². The summed E-state index contributed by atoms with van der Waals surface area (Å²) in [5.41, 5.74) is 1.63. The van der Waals surface area contributed by atoms with Crippen LogP contribution in [0.25, 0.3) is 0 Å². The van der Waals surface area contributed by atoms with Crippen molar-refractivity contribution in [1.29, 1.82) is 0 Å². The standard InChI is InChI=1S/C20H23N3O3/c1-26-16-10-8-15(9-11-16)21-20(25)17-6-2-3-7-18(17)22-19(24)14-23-12-4-5-13-23/h2-3,6-11H,4-5,12-14H2,1H3,(H,21,25)(H,22,24)/p+1. The number of quaternary nitrogens is 1. The molecule has 2 aromatic rings. The van der Waals surface area contributed by atoms with Crippen LogP contribution in [0.15, 0.2) is 48.5 Å². The smallest absolute Gasteiger partial charge is 0.279 e. The number of rotatable bonds is 6. The van der Waals surface area contributed by atoms with Crippen LogP contribution in [-0.4, -0.2) is 38.6 Å². The van der Waals surface area contributed by atoms with E-state index in [0.717, 1.165) is 18.8 Å². The number of hydrogen-bond acceptors (Lipinski definition) is 3. The van der Waals surface area contributed by atoms with Crippen LogP contribution in [0, 0.1) is 0 Å². The van der Waals surface area contributed by atoms with E-state index < -0.39 is 0 Å². The minimum atomic E-state index is -0.264. The van der Waals surface area contributed by atoms with Crippen LogP contribution >= 0.6 is 0 Å². The Morgan fingerprint density at radius 1 is 1.00 bits per heavy atom. The maximum absolute atomic E-state index is 12.6. The van der Waals surface area contributed by atoms with Crippen molar-refractivity contribution >= 4 is 23.2 Å². The summed E-state index contributed by atoms with van der Waals surface area (Å²) in [6.45, 7) is 2.51. The van der Waals surface area contributed by atoms with Crippen molar-refractivity contribution in [2.75, 3.05) is 37.4 Å². The van der Waals surface area contributed by atoms with Crippen molar-refractivity contribution in [3.8, 4) is 5.75 Å². The van der Waals surface area contributed by atoms with E-state index in [1.165, 1.54) is 17.7 Å². The number of para-hydroxylation sites is 1. The van der Waals surface area contributed by atoms with Gasteiger partial charge < -0.3 is 20.3 Å². The number of methoxy groups -OCH3 is 1. The molecule has 1 aliphatic heterocycles. The molecular formula is C20H24N3O3+. The summed E-state index contributed by atoms with van der Waals surface area (Å²) in [4.78, 5) is 26.2. The van der Waals surface area contributed by atoms with E-state index in [0.29, 0.717) is 23.5 Å². The highest BCUT2D eigenvalue weighted by Gasteiger charge is 2.20. The maximum Gasteiger partial charge on any atom is 0.279 e. The van der Waals surface area contributed by atoms with Crippen molar-refractivity contribution in [2.45, 2.75) is 12.8 Å². The third-order valence-electron chi connectivity index (χ3n) is 4.51. The molecule has 0 spiro atoms. The van der Waals surface area contributed by atoms with Crippen LogP contribution in [0.2, 0.25) is 0 Å². The van der Waals surface area contributed by atoms with Gasteiger partial charge in [-0.15, -0.1) is 0 Å². The second kappa shape index (κ2) is 8.49. The molecule has 0 radical (unpaired) electrons. The zero-order chi connectivity index (χ0) is 18.4. The number of benzene rings is 2. The number of anilines is 2. The molecule has 0 aliphatic carbocycles. The minimum absolute atomic E-state index is 0.0633. The Labute approximate surface area is 153 Å². The van der Waals surface area contributed by atoms with E-state index in [1.54, 1.807) is 49.6 Å². The average molecular weight is 354 g/mol. The van der Waals surface area contributed by atoms with Crippen molar-refractivity contribution in [2.24, 2.45) is 0 Å². The zero-order valence-corrected chi connectivity index (χ0v) is 14.9. The normalized spacial score (nSPS) is 14.0. The van der Waals surface area contributed by atoms with Gasteiger partial charge >= 0.3 is 0 Å². The molecule has 1 saturated heterocycles. The number of ether oxygens (including phenoxy) is 1. The first kappa shape index (κ1) is 17.9. The van der Waals surface area contributed by atoms with E-state index >= 15 is 0 Å². The fourth-order valence-corrected chi connectivity index (χ4v) is 3.14. The lowest BCUT2D eigenvalue weighted by Crippen LogP contribution is -3.11. The highest BCUT2D eigenvalue weighted by atomic mass is 16.5. The highest BCUT2D eigenvalue weighted by molar-refractivity contribution is 6.10. The Bertz CT molecular complexity index is 768. The molecule has 0 saturated carbocycles. The van der Waals surface area contributed by atoms with Gasteiger partial charge in [-0.3, -0.25) is 9.59 Å². The van der Waals surface area contributed by atoms with Crippen LogP contribution in [0.4, 0.5) is 11.4 Å². The molecule has 6 heteroatoms. The van der Waals surface area contributed by atoms with Gasteiger partial charge in [-0.25, -0.2) is 0 Å².